The van der Waals surface area contributed by atoms with Crippen LogP contribution in [0.25, 0.3) is 0 Å². The van der Waals surface area contributed by atoms with Crippen LogP contribution in [0.2, 0.25) is 0 Å². The molecule has 1 aromatic carbocycles. The van der Waals surface area contributed by atoms with E-state index in [1.165, 1.54) is 63.5 Å². The summed E-state index contributed by atoms with van der Waals surface area (Å²) in [7, 11) is 0. The molecule has 0 spiro atoms. The first-order valence-electron chi connectivity index (χ1n) is 12.2. The van der Waals surface area contributed by atoms with Gasteiger partial charge in [-0.3, -0.25) is 4.79 Å². The zero-order valence-electron chi connectivity index (χ0n) is 19.2. The lowest BCUT2D eigenvalue weighted by Crippen LogP contribution is -2.14. The molecule has 0 aromatic heterocycles. The Morgan fingerprint density at radius 2 is 1.58 bits per heavy atom. The lowest BCUT2D eigenvalue weighted by atomic mass is 9.78. The Hall–Kier alpha value is -1.52. The van der Waals surface area contributed by atoms with Crippen LogP contribution in [0, 0.1) is 17.7 Å². The summed E-state index contributed by atoms with van der Waals surface area (Å²) in [6, 6.07) is 2.54. The summed E-state index contributed by atoms with van der Waals surface area (Å²) in [4.78, 5) is 12.4. The molecule has 5 heteroatoms. The van der Waals surface area contributed by atoms with Crippen LogP contribution in [0.1, 0.15) is 120 Å². The molecule has 176 valence electrons. The third kappa shape index (κ3) is 8.16. The van der Waals surface area contributed by atoms with Crippen LogP contribution in [0.3, 0.4) is 0 Å². The average molecular weight is 441 g/mol. The van der Waals surface area contributed by atoms with Crippen LogP contribution in [-0.2, 0) is 0 Å². The fraction of sp³-hybridized carbons (Fsp3) is 0.731. The number of carbonyl (C=O) groups excluding carboxylic acids is 1. The first-order valence-corrected chi connectivity index (χ1v) is 12.2. The van der Waals surface area contributed by atoms with Gasteiger partial charge in [0, 0.05) is 12.0 Å². The molecule has 0 amide bonds. The van der Waals surface area contributed by atoms with Crippen molar-refractivity contribution in [2.75, 3.05) is 6.61 Å². The molecule has 0 radical (unpaired) electrons. The molecule has 1 aromatic rings. The molecule has 0 unspecified atom stereocenters. The van der Waals surface area contributed by atoms with Gasteiger partial charge in [-0.25, -0.2) is 13.2 Å². The predicted molar refractivity (Wildman–Crippen MR) is 120 cm³/mol. The van der Waals surface area contributed by atoms with E-state index in [-0.39, 0.29) is 24.3 Å². The molecule has 2 rings (SSSR count). The van der Waals surface area contributed by atoms with Crippen molar-refractivity contribution in [3.05, 3.63) is 29.1 Å². The molecule has 2 nitrogen and oxygen atoms in total. The van der Waals surface area contributed by atoms with Gasteiger partial charge in [0.25, 0.3) is 6.43 Å². The highest BCUT2D eigenvalue weighted by atomic mass is 19.3. The van der Waals surface area contributed by atoms with Gasteiger partial charge in [-0.1, -0.05) is 77.6 Å². The number of unbranched alkanes of at least 4 members (excludes halogenated alkanes) is 4. The molecule has 0 atom stereocenters. The molecule has 0 aliphatic heterocycles. The number of hydrogen-bond acceptors (Lipinski definition) is 2. The number of halogens is 3. The number of rotatable bonds is 14. The van der Waals surface area contributed by atoms with Crippen LogP contribution in [0.5, 0.6) is 5.75 Å². The number of ketones is 1. The highest BCUT2D eigenvalue weighted by Gasteiger charge is 2.25. The monoisotopic (exact) mass is 440 g/mol. The summed E-state index contributed by atoms with van der Waals surface area (Å²) in [5.74, 6) is 0.0749. The molecule has 0 N–H and O–H groups in total. The summed E-state index contributed by atoms with van der Waals surface area (Å²) < 4.78 is 46.1. The van der Waals surface area contributed by atoms with Crippen LogP contribution in [-0.4, -0.2) is 12.4 Å². The highest BCUT2D eigenvalue weighted by Crippen LogP contribution is 2.35. The fourth-order valence-electron chi connectivity index (χ4n) is 4.90. The quantitative estimate of drug-likeness (QED) is 0.214. The molecular formula is C26H39F3O2. The van der Waals surface area contributed by atoms with E-state index in [1.807, 2.05) is 0 Å². The van der Waals surface area contributed by atoms with Gasteiger partial charge in [0.15, 0.2) is 17.3 Å². The van der Waals surface area contributed by atoms with E-state index in [0.717, 1.165) is 31.1 Å². The number of ether oxygens (including phenoxy) is 1. The van der Waals surface area contributed by atoms with Crippen molar-refractivity contribution in [3.63, 3.8) is 0 Å². The van der Waals surface area contributed by atoms with Gasteiger partial charge in [-0.05, 0) is 37.3 Å². The molecule has 1 aliphatic carbocycles. The van der Waals surface area contributed by atoms with Crippen LogP contribution in [0.15, 0.2) is 12.1 Å². The van der Waals surface area contributed by atoms with Gasteiger partial charge in [-0.15, -0.1) is 0 Å². The molecule has 1 fully saturated rings. The summed E-state index contributed by atoms with van der Waals surface area (Å²) in [5.41, 5.74) is -1.04. The zero-order chi connectivity index (χ0) is 22.6. The Balaban J connectivity index is 1.67. The third-order valence-corrected chi connectivity index (χ3v) is 6.64. The SMILES string of the molecule is CCCC1CCC(CCCCCCCC(=O)c2ccc(OCC)c(F)c2C(F)F)CC1. The van der Waals surface area contributed by atoms with Crippen molar-refractivity contribution in [2.24, 2.45) is 11.8 Å². The second kappa shape index (κ2) is 13.8. The Labute approximate surface area is 185 Å². The van der Waals surface area contributed by atoms with Crippen molar-refractivity contribution in [2.45, 2.75) is 104 Å². The number of hydrogen-bond donors (Lipinski definition) is 0. The summed E-state index contributed by atoms with van der Waals surface area (Å²) in [5, 5.41) is 0. The summed E-state index contributed by atoms with van der Waals surface area (Å²) >= 11 is 0. The second-order valence-electron chi connectivity index (χ2n) is 8.98. The largest absolute Gasteiger partial charge is 0.491 e. The molecule has 1 aliphatic rings. The van der Waals surface area contributed by atoms with Crippen molar-refractivity contribution in [3.8, 4) is 5.75 Å². The van der Waals surface area contributed by atoms with Gasteiger partial charge in [-0.2, -0.15) is 0 Å². The maximum atomic E-state index is 14.3. The molecule has 0 heterocycles. The Morgan fingerprint density at radius 3 is 2.19 bits per heavy atom. The summed E-state index contributed by atoms with van der Waals surface area (Å²) in [6.45, 7) is 4.10. The number of benzene rings is 1. The van der Waals surface area contributed by atoms with E-state index < -0.39 is 23.6 Å². The van der Waals surface area contributed by atoms with Gasteiger partial charge in [0.2, 0.25) is 0 Å². The Morgan fingerprint density at radius 1 is 0.968 bits per heavy atom. The Kier molecular flexibility index (Phi) is 11.5. The van der Waals surface area contributed by atoms with E-state index in [9.17, 15) is 18.0 Å². The predicted octanol–water partition coefficient (Wildman–Crippen LogP) is 8.68. The first kappa shape index (κ1) is 25.7. The lowest BCUT2D eigenvalue weighted by Gasteiger charge is -2.28. The van der Waals surface area contributed by atoms with E-state index >= 15 is 0 Å². The van der Waals surface area contributed by atoms with Gasteiger partial charge >= 0.3 is 0 Å². The minimum absolute atomic E-state index is 0.174. The van der Waals surface area contributed by atoms with Crippen molar-refractivity contribution in [1.82, 2.24) is 0 Å². The maximum Gasteiger partial charge on any atom is 0.267 e. The van der Waals surface area contributed by atoms with Gasteiger partial charge in [0.1, 0.15) is 0 Å². The fourth-order valence-corrected chi connectivity index (χ4v) is 4.90. The molecule has 1 saturated carbocycles. The molecule has 0 saturated heterocycles. The smallest absolute Gasteiger partial charge is 0.267 e. The normalized spacial score (nSPS) is 19.0. The number of alkyl halides is 2. The van der Waals surface area contributed by atoms with E-state index in [2.05, 4.69) is 6.92 Å². The Bertz CT molecular complexity index is 667. The molecular weight excluding hydrogens is 401 g/mol. The van der Waals surface area contributed by atoms with Crippen molar-refractivity contribution in [1.29, 1.82) is 0 Å². The minimum atomic E-state index is -3.05. The highest BCUT2D eigenvalue weighted by molar-refractivity contribution is 5.97. The number of carbonyl (C=O) groups is 1. The lowest BCUT2D eigenvalue weighted by molar-refractivity contribution is 0.0961. The minimum Gasteiger partial charge on any atom is -0.491 e. The standard InChI is InChI=1S/C26H39F3O2/c1-3-10-19-13-15-20(16-14-19)11-8-6-5-7-9-12-22(30)21-17-18-23(31-4-2)25(27)24(21)26(28)29/h17-20,26H,3-16H2,1-2H3. The molecule has 0 bridgehead atoms. The van der Waals surface area contributed by atoms with Crippen molar-refractivity contribution >= 4 is 5.78 Å². The molecule has 31 heavy (non-hydrogen) atoms. The topological polar surface area (TPSA) is 26.3 Å². The van der Waals surface area contributed by atoms with E-state index in [4.69, 9.17) is 4.74 Å². The van der Waals surface area contributed by atoms with Crippen LogP contribution >= 0.6 is 0 Å². The average Bonchev–Trinajstić information content (AvgIpc) is 2.75. The number of Topliss-reactive ketones (excluding diaryl/α,β-unsaturated/α-hetero) is 1. The van der Waals surface area contributed by atoms with Crippen LogP contribution in [0.4, 0.5) is 13.2 Å². The van der Waals surface area contributed by atoms with E-state index in [1.54, 1.807) is 6.92 Å². The zero-order valence-corrected chi connectivity index (χ0v) is 19.2. The van der Waals surface area contributed by atoms with E-state index in [0.29, 0.717) is 6.42 Å². The maximum absolute atomic E-state index is 14.3. The first-order chi connectivity index (χ1) is 15.0. The second-order valence-corrected chi connectivity index (χ2v) is 8.98. The summed E-state index contributed by atoms with van der Waals surface area (Å²) in [6.07, 6.45) is 11.7. The van der Waals surface area contributed by atoms with Gasteiger partial charge < -0.3 is 4.74 Å². The van der Waals surface area contributed by atoms with Gasteiger partial charge in [0.05, 0.1) is 12.2 Å². The third-order valence-electron chi connectivity index (χ3n) is 6.64. The van der Waals surface area contributed by atoms with Crippen LogP contribution < -0.4 is 4.74 Å². The van der Waals surface area contributed by atoms with Crippen molar-refractivity contribution < 1.29 is 22.7 Å².